The largest absolute Gasteiger partial charge is 0.341 e. The van der Waals surface area contributed by atoms with E-state index in [-0.39, 0.29) is 10.8 Å². The van der Waals surface area contributed by atoms with Crippen LogP contribution in [0.4, 0.5) is 0 Å². The summed E-state index contributed by atoms with van der Waals surface area (Å²) in [6.07, 6.45) is 2.02. The van der Waals surface area contributed by atoms with Crippen molar-refractivity contribution in [3.05, 3.63) is 30.3 Å². The van der Waals surface area contributed by atoms with Crippen molar-refractivity contribution in [1.29, 1.82) is 0 Å². The van der Waals surface area contributed by atoms with Crippen LogP contribution in [0.25, 0.3) is 0 Å². The van der Waals surface area contributed by atoms with Gasteiger partial charge in [-0.3, -0.25) is 4.79 Å². The Morgan fingerprint density at radius 1 is 1.14 bits per heavy atom. The lowest BCUT2D eigenvalue weighted by Gasteiger charge is -2.26. The van der Waals surface area contributed by atoms with Crippen LogP contribution in [-0.4, -0.2) is 54.3 Å². The van der Waals surface area contributed by atoms with Gasteiger partial charge >= 0.3 is 0 Å². The average molecular weight is 326 g/mol. The van der Waals surface area contributed by atoms with Crippen LogP contribution < -0.4 is 0 Å². The van der Waals surface area contributed by atoms with Gasteiger partial charge in [-0.25, -0.2) is 8.42 Å². The van der Waals surface area contributed by atoms with Crippen molar-refractivity contribution in [3.8, 4) is 0 Å². The minimum atomic E-state index is -3.60. The Bertz CT molecular complexity index is 612. The number of thioether (sulfide) groups is 1. The first kappa shape index (κ1) is 14.9. The molecule has 3 rings (SSSR count). The molecular weight excluding hydrogens is 308 g/mol. The zero-order valence-electron chi connectivity index (χ0n) is 11.6. The zero-order chi connectivity index (χ0) is 14.9. The Hall–Kier alpha value is -1.05. The highest BCUT2D eigenvalue weighted by Gasteiger charge is 2.41. The molecule has 1 unspecified atom stereocenters. The quantitative estimate of drug-likeness (QED) is 0.842. The van der Waals surface area contributed by atoms with E-state index in [1.54, 1.807) is 35.2 Å². The zero-order valence-corrected chi connectivity index (χ0v) is 13.3. The molecule has 5 nitrogen and oxygen atoms in total. The standard InChI is InChI=1S/C14H18N2O3S2/c17-14(15-8-4-5-9-15)13-10-20-11-16(13)21(18,19)12-6-2-1-3-7-12/h1-3,6-7,13H,4-5,8-11H2. The topological polar surface area (TPSA) is 57.7 Å². The maximum absolute atomic E-state index is 12.7. The summed E-state index contributed by atoms with van der Waals surface area (Å²) in [6.45, 7) is 1.50. The molecule has 2 aliphatic rings. The number of rotatable bonds is 3. The third-order valence-corrected chi connectivity index (χ3v) is 6.94. The number of benzene rings is 1. The van der Waals surface area contributed by atoms with E-state index in [4.69, 9.17) is 0 Å². The minimum absolute atomic E-state index is 0.0444. The average Bonchev–Trinajstić information content (AvgIpc) is 3.19. The van der Waals surface area contributed by atoms with Crippen LogP contribution in [-0.2, 0) is 14.8 Å². The Morgan fingerprint density at radius 2 is 1.81 bits per heavy atom. The minimum Gasteiger partial charge on any atom is -0.341 e. The van der Waals surface area contributed by atoms with Gasteiger partial charge in [0.2, 0.25) is 15.9 Å². The molecule has 0 bridgehead atoms. The van der Waals surface area contributed by atoms with Crippen molar-refractivity contribution < 1.29 is 13.2 Å². The molecule has 2 fully saturated rings. The fourth-order valence-corrected chi connectivity index (χ4v) is 5.89. The monoisotopic (exact) mass is 326 g/mol. The normalized spacial score (nSPS) is 23.6. The second-order valence-corrected chi connectivity index (χ2v) is 8.14. The molecule has 2 saturated heterocycles. The van der Waals surface area contributed by atoms with E-state index >= 15 is 0 Å². The summed E-state index contributed by atoms with van der Waals surface area (Å²) in [5.74, 6) is 0.847. The smallest absolute Gasteiger partial charge is 0.244 e. The van der Waals surface area contributed by atoms with Crippen LogP contribution in [0, 0.1) is 0 Å². The van der Waals surface area contributed by atoms with Gasteiger partial charge in [0, 0.05) is 18.8 Å². The molecule has 2 aliphatic heterocycles. The van der Waals surface area contributed by atoms with Crippen molar-refractivity contribution in [3.63, 3.8) is 0 Å². The molecule has 7 heteroatoms. The molecule has 1 atom stereocenters. The van der Waals surface area contributed by atoms with Crippen molar-refractivity contribution in [1.82, 2.24) is 9.21 Å². The molecule has 0 saturated carbocycles. The molecule has 114 valence electrons. The van der Waals surface area contributed by atoms with Crippen molar-refractivity contribution in [2.45, 2.75) is 23.8 Å². The fourth-order valence-electron chi connectivity index (χ4n) is 2.73. The molecule has 1 amide bonds. The summed E-state index contributed by atoms with van der Waals surface area (Å²) in [7, 11) is -3.60. The van der Waals surface area contributed by atoms with Gasteiger partial charge < -0.3 is 4.90 Å². The Morgan fingerprint density at radius 3 is 2.48 bits per heavy atom. The number of nitrogens with zero attached hydrogens (tertiary/aromatic N) is 2. The first-order chi connectivity index (χ1) is 10.1. The van der Waals surface area contributed by atoms with Crippen LogP contribution in [0.1, 0.15) is 12.8 Å². The van der Waals surface area contributed by atoms with E-state index in [2.05, 4.69) is 0 Å². The summed E-state index contributed by atoms with van der Waals surface area (Å²) in [5, 5.41) is 0. The number of carbonyl (C=O) groups is 1. The Labute approximate surface area is 129 Å². The molecule has 1 aromatic carbocycles. The van der Waals surface area contributed by atoms with Gasteiger partial charge in [-0.1, -0.05) is 18.2 Å². The summed E-state index contributed by atoms with van der Waals surface area (Å²) in [6, 6.07) is 7.79. The number of carbonyl (C=O) groups excluding carboxylic acids is 1. The van der Waals surface area contributed by atoms with Crippen LogP contribution in [0.3, 0.4) is 0 Å². The summed E-state index contributed by atoms with van der Waals surface area (Å²) in [5.41, 5.74) is 0. The highest BCUT2D eigenvalue weighted by molar-refractivity contribution is 8.00. The van der Waals surface area contributed by atoms with Crippen molar-refractivity contribution in [2.24, 2.45) is 0 Å². The number of sulfonamides is 1. The van der Waals surface area contributed by atoms with Crippen LogP contribution in [0.15, 0.2) is 35.2 Å². The van der Waals surface area contributed by atoms with Crippen molar-refractivity contribution in [2.75, 3.05) is 24.7 Å². The molecule has 0 spiro atoms. The van der Waals surface area contributed by atoms with Gasteiger partial charge in [0.05, 0.1) is 10.8 Å². The van der Waals surface area contributed by atoms with E-state index in [0.29, 0.717) is 11.6 Å². The second kappa shape index (κ2) is 5.98. The summed E-state index contributed by atoms with van der Waals surface area (Å²) in [4.78, 5) is 14.6. The highest BCUT2D eigenvalue weighted by Crippen LogP contribution is 2.29. The molecule has 21 heavy (non-hydrogen) atoms. The van der Waals surface area contributed by atoms with Gasteiger partial charge in [-0.05, 0) is 25.0 Å². The van der Waals surface area contributed by atoms with E-state index < -0.39 is 16.1 Å². The molecule has 0 aliphatic carbocycles. The Kier molecular flexibility index (Phi) is 4.24. The lowest BCUT2D eigenvalue weighted by atomic mass is 10.3. The SMILES string of the molecule is O=C(C1CSCN1S(=O)(=O)c1ccccc1)N1CCCC1. The van der Waals surface area contributed by atoms with E-state index in [0.717, 1.165) is 25.9 Å². The molecule has 0 radical (unpaired) electrons. The van der Waals surface area contributed by atoms with Gasteiger partial charge in [0.15, 0.2) is 0 Å². The summed E-state index contributed by atoms with van der Waals surface area (Å²) < 4.78 is 26.8. The highest BCUT2D eigenvalue weighted by atomic mass is 32.2. The predicted molar refractivity (Wildman–Crippen MR) is 82.4 cm³/mol. The molecule has 0 aromatic heterocycles. The van der Waals surface area contributed by atoms with E-state index in [9.17, 15) is 13.2 Å². The maximum atomic E-state index is 12.7. The van der Waals surface area contributed by atoms with E-state index in [1.807, 2.05) is 0 Å². The number of hydrogen-bond acceptors (Lipinski definition) is 4. The molecule has 0 N–H and O–H groups in total. The third kappa shape index (κ3) is 2.82. The van der Waals surface area contributed by atoms with Gasteiger partial charge in [0.25, 0.3) is 0 Å². The van der Waals surface area contributed by atoms with E-state index in [1.165, 1.54) is 16.1 Å². The van der Waals surface area contributed by atoms with Gasteiger partial charge in [-0.2, -0.15) is 4.31 Å². The first-order valence-electron chi connectivity index (χ1n) is 7.04. The third-order valence-electron chi connectivity index (χ3n) is 3.89. The molecule has 1 aromatic rings. The maximum Gasteiger partial charge on any atom is 0.244 e. The molecular formula is C14H18N2O3S2. The first-order valence-corrected chi connectivity index (χ1v) is 9.63. The van der Waals surface area contributed by atoms with Gasteiger partial charge in [0.1, 0.15) is 6.04 Å². The summed E-state index contributed by atoms with van der Waals surface area (Å²) >= 11 is 1.50. The lowest BCUT2D eigenvalue weighted by Crippen LogP contribution is -2.48. The Balaban J connectivity index is 1.85. The molecule has 2 heterocycles. The van der Waals surface area contributed by atoms with Gasteiger partial charge in [-0.15, -0.1) is 11.8 Å². The number of hydrogen-bond donors (Lipinski definition) is 0. The van der Waals surface area contributed by atoms with Crippen molar-refractivity contribution >= 4 is 27.7 Å². The van der Waals surface area contributed by atoms with Crippen LogP contribution in [0.5, 0.6) is 0 Å². The fraction of sp³-hybridized carbons (Fsp3) is 0.500. The number of amides is 1. The second-order valence-electron chi connectivity index (χ2n) is 5.25. The lowest BCUT2D eigenvalue weighted by molar-refractivity contribution is -0.133. The van der Waals surface area contributed by atoms with Crippen LogP contribution >= 0.6 is 11.8 Å². The number of likely N-dealkylation sites (tertiary alicyclic amines) is 1. The van der Waals surface area contributed by atoms with Crippen LogP contribution in [0.2, 0.25) is 0 Å². The predicted octanol–water partition coefficient (Wildman–Crippen LogP) is 1.37.